The number of carbonyl (C=O) groups is 1. The van der Waals surface area contributed by atoms with Crippen LogP contribution in [-0.4, -0.2) is 43.0 Å². The first-order chi connectivity index (χ1) is 5.29. The fraction of sp³-hybridized carbons (Fsp3) is 0.800. The largest absolute Gasteiger partial charge is 0.463 e. The number of cyclic esters (lactones) is 1. The molecule has 0 aliphatic carbocycles. The van der Waals surface area contributed by atoms with E-state index in [4.69, 9.17) is 9.66 Å². The monoisotopic (exact) mass is 198 g/mol. The molecule has 0 unspecified atom stereocenters. The average Bonchev–Trinajstić information content (AvgIpc) is 2.09. The van der Waals surface area contributed by atoms with Crippen molar-refractivity contribution in [3.05, 3.63) is 0 Å². The molecular formula is C5H10O6S. The van der Waals surface area contributed by atoms with Crippen LogP contribution in [0.25, 0.3) is 0 Å². The molecule has 7 heteroatoms. The van der Waals surface area contributed by atoms with Gasteiger partial charge in [-0.15, -0.1) is 0 Å². The third kappa shape index (κ3) is 9.34. The van der Waals surface area contributed by atoms with E-state index in [1.807, 2.05) is 0 Å². The van der Waals surface area contributed by atoms with E-state index in [1.54, 1.807) is 0 Å². The van der Waals surface area contributed by atoms with Gasteiger partial charge >= 0.3 is 5.97 Å². The van der Waals surface area contributed by atoms with Gasteiger partial charge in [0.2, 0.25) is 0 Å². The Morgan fingerprint density at radius 1 is 1.58 bits per heavy atom. The van der Waals surface area contributed by atoms with Crippen molar-refractivity contribution in [2.75, 3.05) is 12.9 Å². The summed E-state index contributed by atoms with van der Waals surface area (Å²) in [5.41, 5.74) is 0. The van der Waals surface area contributed by atoms with Gasteiger partial charge in [-0.3, -0.25) is 9.35 Å². The molecule has 0 amide bonds. The topological polar surface area (TPSA) is 101 Å². The minimum Gasteiger partial charge on any atom is -0.463 e. The maximum Gasteiger partial charge on any atom is 0.308 e. The zero-order chi connectivity index (χ0) is 9.78. The van der Waals surface area contributed by atoms with Crippen molar-refractivity contribution in [3.8, 4) is 0 Å². The molecule has 1 fully saturated rings. The lowest BCUT2D eigenvalue weighted by Crippen LogP contribution is -2.02. The van der Waals surface area contributed by atoms with E-state index < -0.39 is 16.2 Å². The fourth-order valence-electron chi connectivity index (χ4n) is 0.499. The molecule has 0 radical (unpaired) electrons. The second-order valence-electron chi connectivity index (χ2n) is 2.27. The van der Waals surface area contributed by atoms with Crippen LogP contribution < -0.4 is 0 Å². The Morgan fingerprint density at radius 3 is 2.08 bits per heavy atom. The van der Waals surface area contributed by atoms with Gasteiger partial charge in [-0.2, -0.15) is 8.42 Å². The third-order valence-corrected chi connectivity index (χ3v) is 0.839. The van der Waals surface area contributed by atoms with Crippen molar-refractivity contribution in [2.45, 2.75) is 12.5 Å². The Bertz CT molecular complexity index is 235. The van der Waals surface area contributed by atoms with E-state index in [1.165, 1.54) is 0 Å². The molecule has 1 rings (SSSR count). The number of esters is 1. The number of aliphatic hydroxyl groups is 1. The van der Waals surface area contributed by atoms with Crippen molar-refractivity contribution in [3.63, 3.8) is 0 Å². The highest BCUT2D eigenvalue weighted by atomic mass is 32.2. The van der Waals surface area contributed by atoms with Crippen molar-refractivity contribution in [2.24, 2.45) is 0 Å². The zero-order valence-corrected chi connectivity index (χ0v) is 7.24. The number of rotatable bonds is 0. The molecule has 0 aromatic carbocycles. The first-order valence-corrected chi connectivity index (χ1v) is 4.90. The molecule has 0 aromatic rings. The maximum atomic E-state index is 10.1. The van der Waals surface area contributed by atoms with E-state index >= 15 is 0 Å². The average molecular weight is 198 g/mol. The Hall–Kier alpha value is -0.660. The molecule has 0 bridgehead atoms. The van der Waals surface area contributed by atoms with Crippen molar-refractivity contribution in [1.29, 1.82) is 0 Å². The Labute approximate surface area is 69.9 Å². The minimum atomic E-state index is -3.67. The van der Waals surface area contributed by atoms with Crippen LogP contribution >= 0.6 is 0 Å². The van der Waals surface area contributed by atoms with Crippen LogP contribution in [0.1, 0.15) is 6.42 Å². The summed E-state index contributed by atoms with van der Waals surface area (Å²) in [6.07, 6.45) is 0.333. The number of hydrogen-bond donors (Lipinski definition) is 2. The van der Waals surface area contributed by atoms with Crippen LogP contribution in [0.15, 0.2) is 0 Å². The lowest BCUT2D eigenvalue weighted by molar-refractivity contribution is -0.137. The van der Waals surface area contributed by atoms with E-state index in [2.05, 4.69) is 4.74 Å². The van der Waals surface area contributed by atoms with E-state index in [9.17, 15) is 13.2 Å². The molecule has 1 aliphatic rings. The molecular weight excluding hydrogens is 188 g/mol. The molecule has 0 saturated carbocycles. The van der Waals surface area contributed by atoms with Gasteiger partial charge in [-0.05, 0) is 0 Å². The van der Waals surface area contributed by atoms with Gasteiger partial charge in [0.05, 0.1) is 18.8 Å². The van der Waals surface area contributed by atoms with E-state index in [-0.39, 0.29) is 19.0 Å². The predicted molar refractivity (Wildman–Crippen MR) is 39.1 cm³/mol. The second kappa shape index (κ2) is 4.39. The van der Waals surface area contributed by atoms with Crippen LogP contribution in [0.3, 0.4) is 0 Å². The number of ether oxygens (including phenoxy) is 1. The molecule has 1 heterocycles. The van der Waals surface area contributed by atoms with Gasteiger partial charge in [0, 0.05) is 0 Å². The summed E-state index contributed by atoms with van der Waals surface area (Å²) in [7, 11) is -3.67. The van der Waals surface area contributed by atoms with E-state index in [0.717, 1.165) is 0 Å². The Balaban J connectivity index is 0.000000217. The van der Waals surface area contributed by atoms with Gasteiger partial charge in [-0.1, -0.05) is 0 Å². The Morgan fingerprint density at radius 2 is 2.00 bits per heavy atom. The fourth-order valence-corrected chi connectivity index (χ4v) is 0.499. The lowest BCUT2D eigenvalue weighted by Gasteiger charge is -1.87. The molecule has 0 spiro atoms. The lowest BCUT2D eigenvalue weighted by atomic mass is 10.3. The highest BCUT2D eigenvalue weighted by Gasteiger charge is 2.20. The molecule has 12 heavy (non-hydrogen) atoms. The smallest absolute Gasteiger partial charge is 0.308 e. The normalized spacial score (nSPS) is 22.6. The van der Waals surface area contributed by atoms with Crippen LogP contribution in [0.2, 0.25) is 0 Å². The summed E-state index contributed by atoms with van der Waals surface area (Å²) in [6.45, 7) is 0.179. The molecule has 72 valence electrons. The zero-order valence-electron chi connectivity index (χ0n) is 6.43. The van der Waals surface area contributed by atoms with Gasteiger partial charge in [0.25, 0.3) is 10.1 Å². The quantitative estimate of drug-likeness (QED) is 0.374. The maximum absolute atomic E-state index is 10.1. The van der Waals surface area contributed by atoms with Crippen molar-refractivity contribution >= 4 is 16.1 Å². The summed E-state index contributed by atoms with van der Waals surface area (Å²) in [5, 5.41) is 8.55. The van der Waals surface area contributed by atoms with Gasteiger partial charge in [0.1, 0.15) is 6.61 Å². The highest BCUT2D eigenvalue weighted by molar-refractivity contribution is 7.85. The summed E-state index contributed by atoms with van der Waals surface area (Å²) >= 11 is 0. The van der Waals surface area contributed by atoms with E-state index in [0.29, 0.717) is 6.26 Å². The SMILES string of the molecule is CS(=O)(=O)O.O=C1C[C@H](O)CO1. The first-order valence-electron chi connectivity index (χ1n) is 3.05. The number of hydrogen-bond acceptors (Lipinski definition) is 5. The predicted octanol–water partition coefficient (Wildman–Crippen LogP) is -1.20. The van der Waals surface area contributed by atoms with Crippen LogP contribution in [0.4, 0.5) is 0 Å². The Kier molecular flexibility index (Phi) is 4.15. The second-order valence-corrected chi connectivity index (χ2v) is 3.74. The molecule has 1 aliphatic heterocycles. The van der Waals surface area contributed by atoms with Gasteiger partial charge < -0.3 is 9.84 Å². The molecule has 1 atom stereocenters. The third-order valence-electron chi connectivity index (χ3n) is 0.839. The highest BCUT2D eigenvalue weighted by Crippen LogP contribution is 2.03. The number of carbonyl (C=O) groups excluding carboxylic acids is 1. The van der Waals surface area contributed by atoms with Crippen molar-refractivity contribution < 1.29 is 27.6 Å². The summed E-state index contributed by atoms with van der Waals surface area (Å²) in [4.78, 5) is 10.1. The van der Waals surface area contributed by atoms with Gasteiger partial charge in [-0.25, -0.2) is 0 Å². The number of aliphatic hydroxyl groups excluding tert-OH is 1. The molecule has 2 N–H and O–H groups in total. The van der Waals surface area contributed by atoms with Gasteiger partial charge in [0.15, 0.2) is 0 Å². The van der Waals surface area contributed by atoms with Crippen molar-refractivity contribution in [1.82, 2.24) is 0 Å². The van der Waals surface area contributed by atoms with Crippen LogP contribution in [-0.2, 0) is 19.6 Å². The van der Waals surface area contributed by atoms with Crippen LogP contribution in [0, 0.1) is 0 Å². The molecule has 1 saturated heterocycles. The minimum absolute atomic E-state index is 0.167. The standard InChI is InChI=1S/C4H6O3.CH4O3S/c5-3-1-4(6)7-2-3;1-5(2,3)4/h3,5H,1-2H2;1H3,(H,2,3,4)/t3-;/m0./s1. The summed E-state index contributed by atoms with van der Waals surface area (Å²) in [5.74, 6) is -0.299. The summed E-state index contributed by atoms with van der Waals surface area (Å²) < 4.78 is 30.2. The molecule has 6 nitrogen and oxygen atoms in total. The first kappa shape index (κ1) is 11.3. The molecule has 0 aromatic heterocycles. The summed E-state index contributed by atoms with van der Waals surface area (Å²) in [6, 6.07) is 0. The van der Waals surface area contributed by atoms with Crippen LogP contribution in [0.5, 0.6) is 0 Å².